The second kappa shape index (κ2) is 6.98. The molecular weight excluding hydrogens is 304 g/mol. The molecule has 1 heterocycles. The van der Waals surface area contributed by atoms with Gasteiger partial charge in [0.05, 0.1) is 16.7 Å². The number of aliphatic carboxylic acids is 1. The number of hydrogen-bond acceptors (Lipinski definition) is 6. The number of pyridine rings is 1. The van der Waals surface area contributed by atoms with Crippen molar-refractivity contribution in [3.63, 3.8) is 0 Å². The van der Waals surface area contributed by atoms with Gasteiger partial charge >= 0.3 is 17.6 Å². The summed E-state index contributed by atoms with van der Waals surface area (Å²) in [6, 6.07) is 2.07. The minimum absolute atomic E-state index is 0.216. The Morgan fingerprint density at radius 1 is 1.52 bits per heavy atom. The highest BCUT2D eigenvalue weighted by atomic mass is 35.5. The first-order chi connectivity index (χ1) is 9.77. The second-order valence-corrected chi connectivity index (χ2v) is 4.59. The lowest BCUT2D eigenvalue weighted by Gasteiger charge is -2.15. The van der Waals surface area contributed by atoms with E-state index in [0.717, 1.165) is 12.1 Å². The van der Waals surface area contributed by atoms with E-state index < -0.39 is 39.7 Å². The first-order valence-corrected chi connectivity index (χ1v) is 6.39. The highest BCUT2D eigenvalue weighted by Crippen LogP contribution is 2.26. The number of halogens is 1. The third-order valence-corrected chi connectivity index (χ3v) is 3.00. The molecule has 0 aliphatic carbocycles. The first kappa shape index (κ1) is 16.8. The van der Waals surface area contributed by atoms with Crippen molar-refractivity contribution >= 4 is 29.2 Å². The van der Waals surface area contributed by atoms with E-state index in [9.17, 15) is 19.7 Å². The summed E-state index contributed by atoms with van der Waals surface area (Å²) in [7, 11) is 0. The van der Waals surface area contributed by atoms with Crippen molar-refractivity contribution in [2.24, 2.45) is 0 Å². The number of aromatic nitrogens is 1. The summed E-state index contributed by atoms with van der Waals surface area (Å²) >= 11 is 5.61. The summed E-state index contributed by atoms with van der Waals surface area (Å²) in [5.41, 5.74) is -0.689. The maximum absolute atomic E-state index is 11.9. The monoisotopic (exact) mass is 316 g/mol. The van der Waals surface area contributed by atoms with Crippen LogP contribution in [0.4, 0.5) is 5.69 Å². The molecule has 114 valence electrons. The predicted octanol–water partition coefficient (Wildman–Crippen LogP) is 2.15. The Balaban J connectivity index is 3.12. The van der Waals surface area contributed by atoms with Crippen LogP contribution in [0.15, 0.2) is 12.1 Å². The van der Waals surface area contributed by atoms with Crippen LogP contribution in [-0.4, -0.2) is 33.1 Å². The average molecular weight is 317 g/mol. The van der Waals surface area contributed by atoms with Gasteiger partial charge in [0.25, 0.3) is 0 Å². The van der Waals surface area contributed by atoms with Gasteiger partial charge in [-0.25, -0.2) is 4.98 Å². The Hall–Kier alpha value is -2.22. The molecule has 0 aliphatic rings. The zero-order chi connectivity index (χ0) is 16.2. The Bertz CT molecular complexity index is 577. The minimum atomic E-state index is -1.68. The molecule has 0 amide bonds. The standard InChI is InChI=1S/C12H13ClN2O6/c1-3-6(2)21-12(18)9(11(16)17)7-4-5-8(15(19)20)10(13)14-7/h4-6,9H,3H2,1-2H3,(H,16,17). The van der Waals surface area contributed by atoms with Gasteiger partial charge in [-0.2, -0.15) is 0 Å². The van der Waals surface area contributed by atoms with E-state index in [-0.39, 0.29) is 5.69 Å². The van der Waals surface area contributed by atoms with Crippen LogP contribution in [0.25, 0.3) is 0 Å². The molecule has 0 saturated carbocycles. The molecule has 1 rings (SSSR count). The van der Waals surface area contributed by atoms with Gasteiger partial charge in [-0.3, -0.25) is 19.7 Å². The van der Waals surface area contributed by atoms with Crippen molar-refractivity contribution in [1.29, 1.82) is 0 Å². The molecule has 0 spiro atoms. The summed E-state index contributed by atoms with van der Waals surface area (Å²) in [6.07, 6.45) is 0.0693. The van der Waals surface area contributed by atoms with Crippen molar-refractivity contribution in [2.45, 2.75) is 32.3 Å². The van der Waals surface area contributed by atoms with Crippen LogP contribution in [-0.2, 0) is 14.3 Å². The summed E-state index contributed by atoms with van der Waals surface area (Å²) < 4.78 is 4.96. The molecule has 9 heteroatoms. The van der Waals surface area contributed by atoms with Crippen LogP contribution in [0.3, 0.4) is 0 Å². The number of esters is 1. The fraction of sp³-hybridized carbons (Fsp3) is 0.417. The molecule has 1 aromatic heterocycles. The van der Waals surface area contributed by atoms with E-state index in [0.29, 0.717) is 6.42 Å². The molecule has 0 aromatic carbocycles. The Labute approximate surface area is 124 Å². The largest absolute Gasteiger partial charge is 0.480 e. The van der Waals surface area contributed by atoms with Crippen LogP contribution in [0.1, 0.15) is 31.9 Å². The van der Waals surface area contributed by atoms with Crippen molar-refractivity contribution < 1.29 is 24.4 Å². The van der Waals surface area contributed by atoms with Crippen LogP contribution in [0.2, 0.25) is 5.15 Å². The third-order valence-electron chi connectivity index (χ3n) is 2.72. The van der Waals surface area contributed by atoms with E-state index in [1.165, 1.54) is 0 Å². The lowest BCUT2D eigenvalue weighted by Crippen LogP contribution is -2.27. The van der Waals surface area contributed by atoms with Crippen LogP contribution < -0.4 is 0 Å². The molecule has 21 heavy (non-hydrogen) atoms. The fourth-order valence-electron chi connectivity index (χ4n) is 1.44. The molecule has 2 atom stereocenters. The number of nitro groups is 1. The van der Waals surface area contributed by atoms with Crippen LogP contribution >= 0.6 is 11.6 Å². The number of carbonyl (C=O) groups is 2. The highest BCUT2D eigenvalue weighted by molar-refractivity contribution is 6.31. The number of carboxylic acids is 1. The summed E-state index contributed by atoms with van der Waals surface area (Å²) in [6.45, 7) is 3.39. The number of carbonyl (C=O) groups excluding carboxylic acids is 1. The summed E-state index contributed by atoms with van der Waals surface area (Å²) in [5, 5.41) is 19.3. The van der Waals surface area contributed by atoms with E-state index in [1.807, 2.05) is 0 Å². The molecule has 0 radical (unpaired) electrons. The molecule has 2 unspecified atom stereocenters. The van der Waals surface area contributed by atoms with Gasteiger partial charge in [-0.15, -0.1) is 0 Å². The Kier molecular flexibility index (Phi) is 5.60. The quantitative estimate of drug-likeness (QED) is 0.280. The fourth-order valence-corrected chi connectivity index (χ4v) is 1.67. The van der Waals surface area contributed by atoms with Crippen molar-refractivity contribution in [2.75, 3.05) is 0 Å². The number of hydrogen-bond donors (Lipinski definition) is 1. The second-order valence-electron chi connectivity index (χ2n) is 4.23. The van der Waals surface area contributed by atoms with E-state index in [2.05, 4.69) is 4.98 Å². The van der Waals surface area contributed by atoms with E-state index in [1.54, 1.807) is 13.8 Å². The maximum atomic E-state index is 11.9. The zero-order valence-electron chi connectivity index (χ0n) is 11.3. The average Bonchev–Trinajstić information content (AvgIpc) is 2.37. The Morgan fingerprint density at radius 3 is 2.57 bits per heavy atom. The molecule has 0 fully saturated rings. The van der Waals surface area contributed by atoms with Gasteiger partial charge in [0, 0.05) is 6.07 Å². The SMILES string of the molecule is CCC(C)OC(=O)C(C(=O)O)c1ccc([N+](=O)[O-])c(Cl)n1. The molecule has 1 aromatic rings. The molecule has 8 nitrogen and oxygen atoms in total. The molecule has 0 saturated heterocycles. The number of ether oxygens (including phenoxy) is 1. The zero-order valence-corrected chi connectivity index (χ0v) is 12.0. The molecule has 1 N–H and O–H groups in total. The van der Waals surface area contributed by atoms with Gasteiger partial charge in [0.15, 0.2) is 5.92 Å². The van der Waals surface area contributed by atoms with Crippen molar-refractivity contribution in [3.05, 3.63) is 33.1 Å². The van der Waals surface area contributed by atoms with Crippen molar-refractivity contribution in [1.82, 2.24) is 4.98 Å². The Morgan fingerprint density at radius 2 is 2.14 bits per heavy atom. The molecule has 0 aliphatic heterocycles. The summed E-state index contributed by atoms with van der Waals surface area (Å²) in [4.78, 5) is 36.6. The lowest BCUT2D eigenvalue weighted by atomic mass is 10.1. The number of nitrogens with zero attached hydrogens (tertiary/aromatic N) is 2. The van der Waals surface area contributed by atoms with Gasteiger partial charge in [0.1, 0.15) is 0 Å². The van der Waals surface area contributed by atoms with E-state index in [4.69, 9.17) is 21.4 Å². The topological polar surface area (TPSA) is 120 Å². The smallest absolute Gasteiger partial charge is 0.326 e. The highest BCUT2D eigenvalue weighted by Gasteiger charge is 2.33. The number of rotatable bonds is 6. The van der Waals surface area contributed by atoms with Gasteiger partial charge in [0.2, 0.25) is 5.15 Å². The van der Waals surface area contributed by atoms with Crippen LogP contribution in [0.5, 0.6) is 0 Å². The molecular formula is C12H13ClN2O6. The first-order valence-electron chi connectivity index (χ1n) is 6.02. The van der Waals surface area contributed by atoms with Crippen LogP contribution in [0, 0.1) is 10.1 Å². The maximum Gasteiger partial charge on any atom is 0.326 e. The third kappa shape index (κ3) is 4.12. The number of carboxylic acid groups (broad SMARTS) is 1. The van der Waals surface area contributed by atoms with Gasteiger partial charge < -0.3 is 9.84 Å². The van der Waals surface area contributed by atoms with Crippen molar-refractivity contribution in [3.8, 4) is 0 Å². The predicted molar refractivity (Wildman–Crippen MR) is 72.1 cm³/mol. The molecule has 0 bridgehead atoms. The normalized spacial score (nSPS) is 13.3. The van der Waals surface area contributed by atoms with E-state index >= 15 is 0 Å². The minimum Gasteiger partial charge on any atom is -0.480 e. The lowest BCUT2D eigenvalue weighted by molar-refractivity contribution is -0.385. The van der Waals surface area contributed by atoms with Gasteiger partial charge in [-0.1, -0.05) is 18.5 Å². The summed E-state index contributed by atoms with van der Waals surface area (Å²) in [5.74, 6) is -4.15. The van der Waals surface area contributed by atoms with Gasteiger partial charge in [-0.05, 0) is 19.4 Å².